The van der Waals surface area contributed by atoms with Crippen LogP contribution < -0.4 is 0 Å². The smallest absolute Gasteiger partial charge is 0.352 e. The molecule has 0 aliphatic carbocycles. The Morgan fingerprint density at radius 3 is 2.61 bits per heavy atom. The molecular weight excluding hydrogens is 234 g/mol. The van der Waals surface area contributed by atoms with Crippen LogP contribution in [-0.4, -0.2) is 26.3 Å². The van der Waals surface area contributed by atoms with E-state index in [9.17, 15) is 15.0 Å². The Bertz CT molecular complexity index is 628. The molecule has 1 aromatic heterocycles. The van der Waals surface area contributed by atoms with Gasteiger partial charge in [-0.2, -0.15) is 0 Å². The number of carboxylic acids is 1. The van der Waals surface area contributed by atoms with Crippen LogP contribution in [0.2, 0.25) is 0 Å². The molecule has 0 saturated carbocycles. The van der Waals surface area contributed by atoms with Gasteiger partial charge >= 0.3 is 5.97 Å². The summed E-state index contributed by atoms with van der Waals surface area (Å²) in [6.45, 7) is 3.65. The molecule has 1 aromatic carbocycles. The Morgan fingerprint density at radius 2 is 2.06 bits per heavy atom. The van der Waals surface area contributed by atoms with Crippen molar-refractivity contribution in [3.63, 3.8) is 0 Å². The van der Waals surface area contributed by atoms with Crippen LogP contribution in [0.3, 0.4) is 0 Å². The number of aromatic carboxylic acids is 1. The molecule has 0 aliphatic rings. The summed E-state index contributed by atoms with van der Waals surface area (Å²) in [5.41, 5.74) is 1.79. The molecule has 5 heteroatoms. The first kappa shape index (κ1) is 12.3. The SMILES string of the molecule is CCCc1c(O)c(O)cc2[nH]c(C(=O)O)c(C)c12. The fraction of sp³-hybridized carbons (Fsp3) is 0.308. The van der Waals surface area contributed by atoms with Crippen molar-refractivity contribution in [1.82, 2.24) is 4.98 Å². The second-order valence-electron chi connectivity index (χ2n) is 4.33. The van der Waals surface area contributed by atoms with Crippen molar-refractivity contribution < 1.29 is 20.1 Å². The minimum absolute atomic E-state index is 0.0901. The number of fused-ring (bicyclic) bond motifs is 1. The lowest BCUT2D eigenvalue weighted by Gasteiger charge is -2.08. The van der Waals surface area contributed by atoms with Gasteiger partial charge in [0.25, 0.3) is 0 Å². The summed E-state index contributed by atoms with van der Waals surface area (Å²) in [6.07, 6.45) is 1.37. The number of H-pyrrole nitrogens is 1. The summed E-state index contributed by atoms with van der Waals surface area (Å²) in [5, 5.41) is 29.3. The number of hydrogen-bond donors (Lipinski definition) is 4. The number of aromatic nitrogens is 1. The van der Waals surface area contributed by atoms with Crippen molar-refractivity contribution in [3.8, 4) is 11.5 Å². The molecule has 0 spiro atoms. The third kappa shape index (κ3) is 1.68. The number of hydrogen-bond acceptors (Lipinski definition) is 3. The summed E-state index contributed by atoms with van der Waals surface area (Å²) in [6, 6.07) is 1.35. The monoisotopic (exact) mass is 249 g/mol. The number of aryl methyl sites for hydroxylation is 2. The van der Waals surface area contributed by atoms with Crippen LogP contribution in [0, 0.1) is 6.92 Å². The molecule has 1 heterocycles. The van der Waals surface area contributed by atoms with Crippen LogP contribution in [0.1, 0.15) is 35.0 Å². The van der Waals surface area contributed by atoms with Gasteiger partial charge in [0, 0.05) is 17.0 Å². The van der Waals surface area contributed by atoms with Gasteiger partial charge in [0.05, 0.1) is 5.52 Å². The van der Waals surface area contributed by atoms with E-state index < -0.39 is 5.97 Å². The molecule has 0 atom stereocenters. The number of aromatic hydroxyl groups is 2. The number of phenols is 2. The van der Waals surface area contributed by atoms with E-state index in [0.29, 0.717) is 28.5 Å². The highest BCUT2D eigenvalue weighted by Crippen LogP contribution is 2.38. The summed E-state index contributed by atoms with van der Waals surface area (Å²) in [4.78, 5) is 13.8. The predicted molar refractivity (Wildman–Crippen MR) is 67.3 cm³/mol. The molecule has 0 radical (unpaired) electrons. The van der Waals surface area contributed by atoms with Crippen LogP contribution in [0.25, 0.3) is 10.9 Å². The van der Waals surface area contributed by atoms with Gasteiger partial charge in [0.15, 0.2) is 11.5 Å². The van der Waals surface area contributed by atoms with Crippen LogP contribution in [0.4, 0.5) is 0 Å². The average Bonchev–Trinajstić information content (AvgIpc) is 2.62. The second kappa shape index (κ2) is 4.25. The van der Waals surface area contributed by atoms with Crippen molar-refractivity contribution in [1.29, 1.82) is 0 Å². The molecule has 96 valence electrons. The Labute approximate surface area is 104 Å². The minimum Gasteiger partial charge on any atom is -0.504 e. The van der Waals surface area contributed by atoms with Gasteiger partial charge in [-0.1, -0.05) is 13.3 Å². The first-order chi connectivity index (χ1) is 8.47. The van der Waals surface area contributed by atoms with Crippen molar-refractivity contribution in [3.05, 3.63) is 22.9 Å². The van der Waals surface area contributed by atoms with Gasteiger partial charge in [-0.15, -0.1) is 0 Å². The van der Waals surface area contributed by atoms with Crippen LogP contribution in [0.15, 0.2) is 6.07 Å². The van der Waals surface area contributed by atoms with Crippen molar-refractivity contribution in [2.45, 2.75) is 26.7 Å². The van der Waals surface area contributed by atoms with E-state index in [-0.39, 0.29) is 17.2 Å². The summed E-state index contributed by atoms with van der Waals surface area (Å²) in [5.74, 6) is -1.45. The molecule has 5 nitrogen and oxygen atoms in total. The van der Waals surface area contributed by atoms with E-state index in [0.717, 1.165) is 6.42 Å². The van der Waals surface area contributed by atoms with E-state index in [1.54, 1.807) is 6.92 Å². The second-order valence-corrected chi connectivity index (χ2v) is 4.33. The normalized spacial score (nSPS) is 11.0. The first-order valence-electron chi connectivity index (χ1n) is 5.76. The molecule has 2 aromatic rings. The number of phenolic OH excluding ortho intramolecular Hbond substituents is 2. The Hall–Kier alpha value is -2.17. The molecule has 0 fully saturated rings. The lowest BCUT2D eigenvalue weighted by atomic mass is 10.00. The summed E-state index contributed by atoms with van der Waals surface area (Å²) >= 11 is 0. The number of aromatic amines is 1. The van der Waals surface area contributed by atoms with E-state index in [2.05, 4.69) is 4.98 Å². The average molecular weight is 249 g/mol. The largest absolute Gasteiger partial charge is 0.504 e. The zero-order valence-electron chi connectivity index (χ0n) is 10.2. The zero-order valence-corrected chi connectivity index (χ0v) is 10.2. The lowest BCUT2D eigenvalue weighted by molar-refractivity contribution is 0.0690. The van der Waals surface area contributed by atoms with Crippen LogP contribution in [-0.2, 0) is 6.42 Å². The first-order valence-corrected chi connectivity index (χ1v) is 5.76. The molecule has 0 unspecified atom stereocenters. The molecule has 0 aliphatic heterocycles. The molecule has 2 rings (SSSR count). The maximum Gasteiger partial charge on any atom is 0.352 e. The number of carbonyl (C=O) groups is 1. The maximum atomic E-state index is 11.1. The van der Waals surface area contributed by atoms with Crippen molar-refractivity contribution >= 4 is 16.9 Å². The Kier molecular flexibility index (Phi) is 2.90. The third-order valence-corrected chi connectivity index (χ3v) is 3.10. The molecular formula is C13H15NO4. The number of benzene rings is 1. The van der Waals surface area contributed by atoms with Gasteiger partial charge < -0.3 is 20.3 Å². The fourth-order valence-electron chi connectivity index (χ4n) is 2.30. The van der Waals surface area contributed by atoms with Gasteiger partial charge in [0.1, 0.15) is 5.69 Å². The summed E-state index contributed by atoms with van der Waals surface area (Å²) in [7, 11) is 0. The Morgan fingerprint density at radius 1 is 1.39 bits per heavy atom. The van der Waals surface area contributed by atoms with Crippen LogP contribution in [0.5, 0.6) is 11.5 Å². The molecule has 0 bridgehead atoms. The lowest BCUT2D eigenvalue weighted by Crippen LogP contribution is -1.98. The minimum atomic E-state index is -1.05. The zero-order chi connectivity index (χ0) is 13.4. The quantitative estimate of drug-likeness (QED) is 0.629. The number of carboxylic acid groups (broad SMARTS) is 1. The van der Waals surface area contributed by atoms with Crippen LogP contribution >= 0.6 is 0 Å². The molecule has 0 amide bonds. The number of nitrogens with one attached hydrogen (secondary N) is 1. The maximum absolute atomic E-state index is 11.1. The molecule has 18 heavy (non-hydrogen) atoms. The Balaban J connectivity index is 2.85. The highest BCUT2D eigenvalue weighted by molar-refractivity contribution is 6.00. The predicted octanol–water partition coefficient (Wildman–Crippen LogP) is 2.54. The highest BCUT2D eigenvalue weighted by atomic mass is 16.4. The van der Waals surface area contributed by atoms with Gasteiger partial charge in [-0.05, 0) is 18.9 Å². The van der Waals surface area contributed by atoms with E-state index in [4.69, 9.17) is 5.11 Å². The third-order valence-electron chi connectivity index (χ3n) is 3.10. The topological polar surface area (TPSA) is 93.5 Å². The molecule has 4 N–H and O–H groups in total. The van der Waals surface area contributed by atoms with E-state index >= 15 is 0 Å². The summed E-state index contributed by atoms with van der Waals surface area (Å²) < 4.78 is 0. The fourth-order valence-corrected chi connectivity index (χ4v) is 2.30. The van der Waals surface area contributed by atoms with Gasteiger partial charge in [0.2, 0.25) is 0 Å². The van der Waals surface area contributed by atoms with Crippen molar-refractivity contribution in [2.75, 3.05) is 0 Å². The van der Waals surface area contributed by atoms with Crippen molar-refractivity contribution in [2.24, 2.45) is 0 Å². The highest BCUT2D eigenvalue weighted by Gasteiger charge is 2.20. The van der Waals surface area contributed by atoms with Gasteiger partial charge in [-0.25, -0.2) is 4.79 Å². The van der Waals surface area contributed by atoms with E-state index in [1.807, 2.05) is 6.92 Å². The van der Waals surface area contributed by atoms with Gasteiger partial charge in [-0.3, -0.25) is 0 Å². The number of rotatable bonds is 3. The standard InChI is InChI=1S/C13H15NO4/c1-3-4-7-10-6(2)11(13(17)18)14-8(10)5-9(15)12(7)16/h5,14-16H,3-4H2,1-2H3,(H,17,18). The van der Waals surface area contributed by atoms with E-state index in [1.165, 1.54) is 6.07 Å². The molecule has 0 saturated heterocycles.